The van der Waals surface area contributed by atoms with Crippen LogP contribution in [0, 0.1) is 0 Å². The summed E-state index contributed by atoms with van der Waals surface area (Å²) in [5, 5.41) is 31.1. The van der Waals surface area contributed by atoms with E-state index in [2.05, 4.69) is 20.8 Å². The predicted octanol–water partition coefficient (Wildman–Crippen LogP) is 5.30. The number of aliphatic hydroxyl groups is 1. The van der Waals surface area contributed by atoms with E-state index in [0.717, 1.165) is 63.1 Å². The molecule has 5 nitrogen and oxygen atoms in total. The molecule has 3 N–H and O–H groups in total. The topological polar surface area (TPSA) is 94.8 Å². The van der Waals surface area contributed by atoms with Gasteiger partial charge in [-0.3, -0.25) is 4.79 Å². The fourth-order valence-electron chi connectivity index (χ4n) is 4.19. The average Bonchev–Trinajstić information content (AvgIpc) is 2.60. The SMILES string of the molecule is CCCCC(O)(C(=O)O)C(C(=O)O)[Si](CCCC)(CCCC)CCCC. The van der Waals surface area contributed by atoms with Gasteiger partial charge in [0.05, 0.1) is 13.6 Å². The molecule has 0 saturated heterocycles. The maximum absolute atomic E-state index is 12.4. The molecular weight excluding hydrogens is 348 g/mol. The van der Waals surface area contributed by atoms with E-state index in [0.29, 0.717) is 6.42 Å². The van der Waals surface area contributed by atoms with Gasteiger partial charge in [-0.1, -0.05) is 97.2 Å². The Morgan fingerprint density at radius 2 is 1.19 bits per heavy atom. The van der Waals surface area contributed by atoms with Crippen LogP contribution in [0.4, 0.5) is 0 Å². The summed E-state index contributed by atoms with van der Waals surface area (Å²) in [6.07, 6.45) is 6.88. The van der Waals surface area contributed by atoms with E-state index >= 15 is 0 Å². The third-order valence-electron chi connectivity index (χ3n) is 5.70. The first-order valence-corrected chi connectivity index (χ1v) is 13.1. The Balaban J connectivity index is 6.20. The molecule has 0 aliphatic heterocycles. The first kappa shape index (κ1) is 25.1. The van der Waals surface area contributed by atoms with Gasteiger partial charge in [-0.05, 0) is 6.42 Å². The van der Waals surface area contributed by atoms with Gasteiger partial charge in [0.15, 0.2) is 5.60 Å². The lowest BCUT2D eigenvalue weighted by molar-refractivity contribution is -0.166. The molecule has 0 aromatic rings. The monoisotopic (exact) mass is 388 g/mol. The summed E-state index contributed by atoms with van der Waals surface area (Å²) in [6.45, 7) is 8.16. The van der Waals surface area contributed by atoms with Crippen molar-refractivity contribution < 1.29 is 24.9 Å². The maximum Gasteiger partial charge on any atom is 0.336 e. The van der Waals surface area contributed by atoms with Gasteiger partial charge in [0.1, 0.15) is 0 Å². The van der Waals surface area contributed by atoms with Crippen LogP contribution in [-0.2, 0) is 9.59 Å². The van der Waals surface area contributed by atoms with Crippen LogP contribution in [0.25, 0.3) is 0 Å². The summed E-state index contributed by atoms with van der Waals surface area (Å²) in [5.74, 6) is -2.47. The molecule has 0 rings (SSSR count). The summed E-state index contributed by atoms with van der Waals surface area (Å²) >= 11 is 0. The van der Waals surface area contributed by atoms with Crippen molar-refractivity contribution in [1.29, 1.82) is 0 Å². The van der Waals surface area contributed by atoms with E-state index in [1.54, 1.807) is 0 Å². The van der Waals surface area contributed by atoms with Crippen LogP contribution in [0.3, 0.4) is 0 Å². The molecule has 0 aromatic carbocycles. The van der Waals surface area contributed by atoms with Gasteiger partial charge in [0.25, 0.3) is 0 Å². The van der Waals surface area contributed by atoms with Gasteiger partial charge in [0, 0.05) is 0 Å². The standard InChI is InChI=1S/C20H40O5Si/c1-5-9-13-20(25,19(23)24)17(18(21)22)26(14-10-6-2,15-11-7-3)16-12-8-4/h17,25H,5-16H2,1-4H3,(H,21,22)(H,23,24). The van der Waals surface area contributed by atoms with Crippen LogP contribution in [0.1, 0.15) is 85.5 Å². The Labute approximate surface area is 160 Å². The second-order valence-corrected chi connectivity index (χ2v) is 12.6. The largest absolute Gasteiger partial charge is 0.481 e. The summed E-state index contributed by atoms with van der Waals surface area (Å²) in [5.41, 5.74) is -3.28. The van der Waals surface area contributed by atoms with E-state index in [-0.39, 0.29) is 6.42 Å². The van der Waals surface area contributed by atoms with Crippen molar-refractivity contribution >= 4 is 20.0 Å². The number of carbonyl (C=O) groups is 2. The number of hydrogen-bond donors (Lipinski definition) is 3. The van der Waals surface area contributed by atoms with Crippen molar-refractivity contribution in [2.75, 3.05) is 0 Å². The number of carboxylic acids is 2. The Kier molecular flexibility index (Phi) is 12.1. The highest BCUT2D eigenvalue weighted by molar-refractivity contribution is 6.84. The molecule has 26 heavy (non-hydrogen) atoms. The Morgan fingerprint density at radius 1 is 0.808 bits per heavy atom. The number of hydrogen-bond acceptors (Lipinski definition) is 3. The minimum atomic E-state index is -2.53. The highest BCUT2D eigenvalue weighted by Gasteiger charge is 2.58. The van der Waals surface area contributed by atoms with E-state index in [1.807, 2.05) is 6.92 Å². The lowest BCUT2D eigenvalue weighted by Gasteiger charge is -2.44. The van der Waals surface area contributed by atoms with Crippen molar-refractivity contribution in [3.63, 3.8) is 0 Å². The first-order valence-electron chi connectivity index (χ1n) is 10.4. The van der Waals surface area contributed by atoms with E-state index in [4.69, 9.17) is 0 Å². The molecule has 0 bridgehead atoms. The molecule has 0 amide bonds. The fraction of sp³-hybridized carbons (Fsp3) is 0.900. The van der Waals surface area contributed by atoms with Crippen LogP contribution in [0.2, 0.25) is 23.7 Å². The summed E-state index contributed by atoms with van der Waals surface area (Å²) in [4.78, 5) is 24.4. The van der Waals surface area contributed by atoms with Crippen LogP contribution in [-0.4, -0.2) is 40.9 Å². The highest BCUT2D eigenvalue weighted by Crippen LogP contribution is 2.46. The molecule has 0 aromatic heterocycles. The van der Waals surface area contributed by atoms with Crippen molar-refractivity contribution in [3.8, 4) is 0 Å². The maximum atomic E-state index is 12.4. The number of aliphatic carboxylic acids is 2. The quantitative estimate of drug-likeness (QED) is 0.312. The van der Waals surface area contributed by atoms with Crippen LogP contribution in [0.5, 0.6) is 0 Å². The van der Waals surface area contributed by atoms with Crippen molar-refractivity contribution in [2.24, 2.45) is 0 Å². The molecule has 2 atom stereocenters. The van der Waals surface area contributed by atoms with Gasteiger partial charge >= 0.3 is 11.9 Å². The van der Waals surface area contributed by atoms with Crippen molar-refractivity contribution in [1.82, 2.24) is 0 Å². The average molecular weight is 389 g/mol. The Morgan fingerprint density at radius 3 is 1.46 bits per heavy atom. The van der Waals surface area contributed by atoms with Crippen molar-refractivity contribution in [3.05, 3.63) is 0 Å². The molecule has 0 aliphatic rings. The molecule has 154 valence electrons. The third kappa shape index (κ3) is 6.69. The predicted molar refractivity (Wildman–Crippen MR) is 108 cm³/mol. The van der Waals surface area contributed by atoms with Gasteiger partial charge in [0.2, 0.25) is 0 Å². The fourth-order valence-corrected chi connectivity index (χ4v) is 10.8. The summed E-state index contributed by atoms with van der Waals surface area (Å²) < 4.78 is 0. The minimum Gasteiger partial charge on any atom is -0.481 e. The van der Waals surface area contributed by atoms with Gasteiger partial charge in [-0.25, -0.2) is 4.79 Å². The summed E-state index contributed by atoms with van der Waals surface area (Å²) in [6, 6.07) is 2.38. The number of carboxylic acid groups (broad SMARTS) is 2. The zero-order chi connectivity index (χ0) is 20.2. The van der Waals surface area contributed by atoms with Gasteiger partial charge in [-0.15, -0.1) is 0 Å². The van der Waals surface area contributed by atoms with Gasteiger partial charge < -0.3 is 15.3 Å². The molecular formula is C20H40O5Si. The van der Waals surface area contributed by atoms with Crippen LogP contribution >= 0.6 is 0 Å². The minimum absolute atomic E-state index is 0.0227. The van der Waals surface area contributed by atoms with E-state index in [9.17, 15) is 24.9 Å². The Hall–Kier alpha value is -0.883. The summed E-state index contributed by atoms with van der Waals surface area (Å²) in [7, 11) is -2.53. The van der Waals surface area contributed by atoms with E-state index in [1.165, 1.54) is 0 Å². The lowest BCUT2D eigenvalue weighted by Crippen LogP contribution is -2.58. The zero-order valence-corrected chi connectivity index (χ0v) is 18.2. The highest BCUT2D eigenvalue weighted by atomic mass is 28.3. The molecule has 6 heteroatoms. The smallest absolute Gasteiger partial charge is 0.336 e. The van der Waals surface area contributed by atoms with Crippen molar-refractivity contribution in [2.45, 2.75) is 115 Å². The molecule has 0 saturated carbocycles. The second-order valence-electron chi connectivity index (χ2n) is 7.78. The second kappa shape index (κ2) is 12.5. The first-order chi connectivity index (χ1) is 12.3. The molecule has 0 radical (unpaired) electrons. The zero-order valence-electron chi connectivity index (χ0n) is 17.2. The lowest BCUT2D eigenvalue weighted by atomic mass is 9.92. The Bertz CT molecular complexity index is 405. The van der Waals surface area contributed by atoms with E-state index < -0.39 is 31.2 Å². The molecule has 0 heterocycles. The molecule has 0 spiro atoms. The molecule has 2 unspecified atom stereocenters. The normalized spacial score (nSPS) is 15.4. The number of rotatable bonds is 16. The van der Waals surface area contributed by atoms with Gasteiger partial charge in [-0.2, -0.15) is 0 Å². The third-order valence-corrected chi connectivity index (χ3v) is 11.7. The molecule has 0 fully saturated rings. The molecule has 0 aliphatic carbocycles. The van der Waals surface area contributed by atoms with Crippen LogP contribution in [0.15, 0.2) is 0 Å². The van der Waals surface area contributed by atoms with Crippen LogP contribution < -0.4 is 0 Å². The number of unbranched alkanes of at least 4 members (excludes halogenated alkanes) is 4.